The molecule has 0 saturated heterocycles. The molecule has 1 heterocycles. The van der Waals surface area contributed by atoms with Gasteiger partial charge in [-0.15, -0.1) is 0 Å². The lowest BCUT2D eigenvalue weighted by atomic mass is 10.1. The second kappa shape index (κ2) is 8.16. The van der Waals surface area contributed by atoms with Crippen LogP contribution in [0, 0.1) is 0 Å². The van der Waals surface area contributed by atoms with Gasteiger partial charge in [-0.3, -0.25) is 4.79 Å². The second-order valence-corrected chi connectivity index (χ2v) is 5.92. The van der Waals surface area contributed by atoms with E-state index in [-0.39, 0.29) is 5.76 Å². The summed E-state index contributed by atoms with van der Waals surface area (Å²) in [5, 5.41) is 11.9. The molecule has 3 rings (SSSR count). The first kappa shape index (κ1) is 17.5. The fourth-order valence-corrected chi connectivity index (χ4v) is 2.66. The Kier molecular flexibility index (Phi) is 5.49. The third kappa shape index (κ3) is 4.39. The predicted octanol–water partition coefficient (Wildman–Crippen LogP) is 3.76. The molecule has 0 aliphatic rings. The Bertz CT molecular complexity index is 871. The highest BCUT2D eigenvalue weighted by molar-refractivity contribution is 5.94. The molecule has 1 atom stereocenters. The topological polar surface area (TPSA) is 79.5 Å². The highest BCUT2D eigenvalue weighted by Crippen LogP contribution is 2.21. The molecule has 0 radical (unpaired) electrons. The summed E-state index contributed by atoms with van der Waals surface area (Å²) in [5.41, 5.74) is 1.88. The lowest BCUT2D eigenvalue weighted by Crippen LogP contribution is -2.41. The number of carboxylic acid groups (broad SMARTS) is 1. The molecule has 2 N–H and O–H groups in total. The summed E-state index contributed by atoms with van der Waals surface area (Å²) in [6.45, 7) is 0. The molecule has 1 aromatic heterocycles. The maximum absolute atomic E-state index is 12.3. The van der Waals surface area contributed by atoms with Gasteiger partial charge in [0.1, 0.15) is 11.8 Å². The molecule has 132 valence electrons. The van der Waals surface area contributed by atoms with Crippen molar-refractivity contribution in [3.63, 3.8) is 0 Å². The first-order chi connectivity index (χ1) is 12.6. The number of carboxylic acids is 1. The van der Waals surface area contributed by atoms with Gasteiger partial charge in [0.2, 0.25) is 0 Å². The standard InChI is InChI=1S/C21H19NO4/c23-20(19-14-13-18(26-19)16-9-5-2-6-10-16)22-17(21(24)25)12-11-15-7-3-1-4-8-15/h1-10,13-14,17H,11-12H2,(H,22,23)(H,24,25). The van der Waals surface area contributed by atoms with E-state index in [9.17, 15) is 14.7 Å². The molecule has 26 heavy (non-hydrogen) atoms. The van der Waals surface area contributed by atoms with Crippen LogP contribution in [-0.2, 0) is 11.2 Å². The molecule has 3 aromatic rings. The number of hydrogen-bond acceptors (Lipinski definition) is 3. The molecule has 0 bridgehead atoms. The van der Waals surface area contributed by atoms with Crippen LogP contribution < -0.4 is 5.32 Å². The molecule has 5 nitrogen and oxygen atoms in total. The van der Waals surface area contributed by atoms with E-state index in [0.29, 0.717) is 18.6 Å². The zero-order chi connectivity index (χ0) is 18.4. The van der Waals surface area contributed by atoms with Crippen LogP contribution in [0.1, 0.15) is 22.5 Å². The van der Waals surface area contributed by atoms with Crippen molar-refractivity contribution in [1.29, 1.82) is 0 Å². The first-order valence-corrected chi connectivity index (χ1v) is 8.36. The number of amides is 1. The first-order valence-electron chi connectivity index (χ1n) is 8.36. The van der Waals surface area contributed by atoms with E-state index >= 15 is 0 Å². The summed E-state index contributed by atoms with van der Waals surface area (Å²) >= 11 is 0. The molecule has 2 aromatic carbocycles. The third-order valence-corrected chi connectivity index (χ3v) is 4.06. The van der Waals surface area contributed by atoms with Crippen LogP contribution in [0.25, 0.3) is 11.3 Å². The van der Waals surface area contributed by atoms with Crippen molar-refractivity contribution in [2.45, 2.75) is 18.9 Å². The fourth-order valence-electron chi connectivity index (χ4n) is 2.66. The summed E-state index contributed by atoms with van der Waals surface area (Å²) in [4.78, 5) is 23.8. The minimum absolute atomic E-state index is 0.0924. The molecule has 0 aliphatic heterocycles. The second-order valence-electron chi connectivity index (χ2n) is 5.92. The van der Waals surface area contributed by atoms with E-state index in [2.05, 4.69) is 5.32 Å². The normalized spacial score (nSPS) is 11.7. The van der Waals surface area contributed by atoms with Crippen LogP contribution in [0.5, 0.6) is 0 Å². The average Bonchev–Trinajstić information content (AvgIpc) is 3.16. The van der Waals surface area contributed by atoms with Crippen molar-refractivity contribution in [3.05, 3.63) is 84.1 Å². The largest absolute Gasteiger partial charge is 0.480 e. The van der Waals surface area contributed by atoms with Crippen LogP contribution in [0.3, 0.4) is 0 Å². The zero-order valence-corrected chi connectivity index (χ0v) is 14.1. The van der Waals surface area contributed by atoms with Gasteiger partial charge in [0.15, 0.2) is 5.76 Å². The number of nitrogens with one attached hydrogen (secondary N) is 1. The Hall–Kier alpha value is -3.34. The van der Waals surface area contributed by atoms with Gasteiger partial charge in [-0.05, 0) is 30.5 Å². The van der Waals surface area contributed by atoms with E-state index in [1.807, 2.05) is 60.7 Å². The molecule has 1 amide bonds. The quantitative estimate of drug-likeness (QED) is 0.681. The summed E-state index contributed by atoms with van der Waals surface area (Å²) < 4.78 is 5.57. The Labute approximate surface area is 151 Å². The van der Waals surface area contributed by atoms with Gasteiger partial charge in [-0.2, -0.15) is 0 Å². The lowest BCUT2D eigenvalue weighted by Gasteiger charge is -2.13. The molecule has 0 fully saturated rings. The highest BCUT2D eigenvalue weighted by Gasteiger charge is 2.22. The Balaban J connectivity index is 1.65. The Morgan fingerprint density at radius 2 is 1.58 bits per heavy atom. The number of aliphatic carboxylic acids is 1. The minimum Gasteiger partial charge on any atom is -0.480 e. The SMILES string of the molecule is O=C(NC(CCc1ccccc1)C(=O)O)c1ccc(-c2ccccc2)o1. The van der Waals surface area contributed by atoms with Gasteiger partial charge in [-0.25, -0.2) is 4.79 Å². The van der Waals surface area contributed by atoms with Crippen LogP contribution in [0.4, 0.5) is 0 Å². The predicted molar refractivity (Wildman–Crippen MR) is 97.8 cm³/mol. The van der Waals surface area contributed by atoms with Crippen molar-refractivity contribution in [3.8, 4) is 11.3 Å². The van der Waals surface area contributed by atoms with Crippen molar-refractivity contribution in [2.24, 2.45) is 0 Å². The molecule has 0 spiro atoms. The van der Waals surface area contributed by atoms with E-state index in [0.717, 1.165) is 11.1 Å². The molecule has 0 saturated carbocycles. The molecule has 5 heteroatoms. The highest BCUT2D eigenvalue weighted by atomic mass is 16.4. The summed E-state index contributed by atoms with van der Waals surface area (Å²) in [6, 6.07) is 21.2. The lowest BCUT2D eigenvalue weighted by molar-refractivity contribution is -0.139. The third-order valence-electron chi connectivity index (χ3n) is 4.06. The van der Waals surface area contributed by atoms with Crippen molar-refractivity contribution in [2.75, 3.05) is 0 Å². The van der Waals surface area contributed by atoms with Crippen LogP contribution in [0.2, 0.25) is 0 Å². The minimum atomic E-state index is -1.07. The van der Waals surface area contributed by atoms with Crippen LogP contribution >= 0.6 is 0 Å². The molecule has 0 aliphatic carbocycles. The van der Waals surface area contributed by atoms with E-state index in [4.69, 9.17) is 4.42 Å². The number of hydrogen-bond donors (Lipinski definition) is 2. The van der Waals surface area contributed by atoms with E-state index in [1.165, 1.54) is 0 Å². The number of carbonyl (C=O) groups is 2. The number of benzene rings is 2. The number of carbonyl (C=O) groups excluding carboxylic acids is 1. The van der Waals surface area contributed by atoms with Gasteiger partial charge < -0.3 is 14.8 Å². The van der Waals surface area contributed by atoms with Gasteiger partial charge in [0.25, 0.3) is 5.91 Å². The van der Waals surface area contributed by atoms with Gasteiger partial charge in [0.05, 0.1) is 0 Å². The number of furan rings is 1. The van der Waals surface area contributed by atoms with Gasteiger partial charge in [0, 0.05) is 5.56 Å². The molecular formula is C21H19NO4. The average molecular weight is 349 g/mol. The smallest absolute Gasteiger partial charge is 0.326 e. The zero-order valence-electron chi connectivity index (χ0n) is 14.1. The fraction of sp³-hybridized carbons (Fsp3) is 0.143. The van der Waals surface area contributed by atoms with Crippen LogP contribution in [0.15, 0.2) is 77.2 Å². The van der Waals surface area contributed by atoms with Crippen LogP contribution in [-0.4, -0.2) is 23.0 Å². The van der Waals surface area contributed by atoms with E-state index in [1.54, 1.807) is 12.1 Å². The summed E-state index contributed by atoms with van der Waals surface area (Å²) in [6.07, 6.45) is 0.864. The maximum Gasteiger partial charge on any atom is 0.326 e. The van der Waals surface area contributed by atoms with Crippen molar-refractivity contribution >= 4 is 11.9 Å². The Morgan fingerprint density at radius 3 is 2.23 bits per heavy atom. The van der Waals surface area contributed by atoms with Crippen molar-refractivity contribution in [1.82, 2.24) is 5.32 Å². The summed E-state index contributed by atoms with van der Waals surface area (Å²) in [7, 11) is 0. The maximum atomic E-state index is 12.3. The number of rotatable bonds is 7. The van der Waals surface area contributed by atoms with E-state index < -0.39 is 17.9 Å². The monoisotopic (exact) mass is 349 g/mol. The Morgan fingerprint density at radius 1 is 0.923 bits per heavy atom. The molecule has 1 unspecified atom stereocenters. The molecular weight excluding hydrogens is 330 g/mol. The number of aryl methyl sites for hydroxylation is 1. The van der Waals surface area contributed by atoms with Gasteiger partial charge >= 0.3 is 5.97 Å². The van der Waals surface area contributed by atoms with Crippen molar-refractivity contribution < 1.29 is 19.1 Å². The van der Waals surface area contributed by atoms with Gasteiger partial charge in [-0.1, -0.05) is 60.7 Å². The summed E-state index contributed by atoms with van der Waals surface area (Å²) in [5.74, 6) is -0.946.